The number of hydrogen-bond acceptors (Lipinski definition) is 2. The molecule has 1 aliphatic rings. The van der Waals surface area contributed by atoms with Crippen LogP contribution in [-0.4, -0.2) is 24.9 Å². The van der Waals surface area contributed by atoms with E-state index in [2.05, 4.69) is 76.2 Å². The molecule has 0 bridgehead atoms. The summed E-state index contributed by atoms with van der Waals surface area (Å²) in [5.74, 6) is 2.91. The molecule has 180 valence electrons. The Labute approximate surface area is 190 Å². The van der Waals surface area contributed by atoms with Gasteiger partial charge in [0.15, 0.2) is 0 Å². The predicted octanol–water partition coefficient (Wildman–Crippen LogP) is 8.53. The number of rotatable bonds is 13. The number of hydrogen-bond donors (Lipinski definition) is 0. The zero-order valence-electron chi connectivity index (χ0n) is 22.6. The molecule has 0 aliphatic heterocycles. The summed E-state index contributed by atoms with van der Waals surface area (Å²) in [6.45, 7) is 27.4. The molecule has 0 amide bonds. The second kappa shape index (κ2) is 11.7. The molecule has 0 radical (unpaired) electrons. The maximum atomic E-state index is 6.45. The van der Waals surface area contributed by atoms with Crippen LogP contribution in [0.3, 0.4) is 0 Å². The van der Waals surface area contributed by atoms with E-state index >= 15 is 0 Å². The van der Waals surface area contributed by atoms with Crippen LogP contribution in [0.5, 0.6) is 0 Å². The first-order valence-electron chi connectivity index (χ1n) is 12.9. The third-order valence-corrected chi connectivity index (χ3v) is 8.99. The van der Waals surface area contributed by atoms with Crippen LogP contribution in [0.2, 0.25) is 0 Å². The van der Waals surface area contributed by atoms with Crippen LogP contribution in [0, 0.1) is 34.5 Å². The van der Waals surface area contributed by atoms with E-state index in [0.29, 0.717) is 34.7 Å². The summed E-state index contributed by atoms with van der Waals surface area (Å²) >= 11 is 0. The molecular weight excluding hydrogens is 368 g/mol. The molecule has 0 aromatic rings. The van der Waals surface area contributed by atoms with Gasteiger partial charge < -0.3 is 9.47 Å². The van der Waals surface area contributed by atoms with Crippen molar-refractivity contribution in [3.05, 3.63) is 0 Å². The second-order valence-electron chi connectivity index (χ2n) is 12.9. The molecule has 1 rings (SSSR count). The lowest BCUT2D eigenvalue weighted by molar-refractivity contribution is -0.0843. The maximum Gasteiger partial charge on any atom is 0.0654 e. The Morgan fingerprint density at radius 2 is 1.17 bits per heavy atom. The van der Waals surface area contributed by atoms with Gasteiger partial charge in [-0.3, -0.25) is 0 Å². The molecule has 1 atom stereocenters. The lowest BCUT2D eigenvalue weighted by Gasteiger charge is -2.40. The van der Waals surface area contributed by atoms with E-state index in [4.69, 9.17) is 9.47 Å². The average Bonchev–Trinajstić information content (AvgIpc) is 2.61. The lowest BCUT2D eigenvalue weighted by Crippen LogP contribution is -2.38. The van der Waals surface area contributed by atoms with Crippen molar-refractivity contribution in [1.29, 1.82) is 0 Å². The van der Waals surface area contributed by atoms with E-state index in [-0.39, 0.29) is 5.60 Å². The van der Waals surface area contributed by atoms with Crippen LogP contribution in [-0.2, 0) is 9.47 Å². The van der Waals surface area contributed by atoms with Gasteiger partial charge in [0.25, 0.3) is 0 Å². The zero-order chi connectivity index (χ0) is 23.2. The Hall–Kier alpha value is -0.0800. The minimum Gasteiger partial charge on any atom is -0.378 e. The molecule has 0 aromatic carbocycles. The molecule has 1 saturated carbocycles. The molecule has 2 nitrogen and oxygen atoms in total. The fourth-order valence-electron chi connectivity index (χ4n) is 4.43. The molecule has 1 fully saturated rings. The van der Waals surface area contributed by atoms with E-state index in [1.807, 2.05) is 0 Å². The molecule has 30 heavy (non-hydrogen) atoms. The molecule has 2 heteroatoms. The smallest absolute Gasteiger partial charge is 0.0654 e. The summed E-state index contributed by atoms with van der Waals surface area (Å²) in [5.41, 5.74) is 0.727. The summed E-state index contributed by atoms with van der Waals surface area (Å²) in [4.78, 5) is 0. The SMILES string of the molecule is CC(CC1CCC(C(C)(C)OCCC(C)(C)C(C)C)CC1)OCCC(C)(C)C(C)C. The van der Waals surface area contributed by atoms with Gasteiger partial charge in [0.2, 0.25) is 0 Å². The molecular formula is C28H56O2. The molecule has 1 aliphatic carbocycles. The third-order valence-electron chi connectivity index (χ3n) is 8.99. The number of ether oxygens (including phenoxy) is 2. The second-order valence-corrected chi connectivity index (χ2v) is 12.9. The van der Waals surface area contributed by atoms with Crippen LogP contribution in [0.25, 0.3) is 0 Å². The summed E-state index contributed by atoms with van der Waals surface area (Å²) in [6.07, 6.45) is 9.18. The van der Waals surface area contributed by atoms with Crippen molar-refractivity contribution in [3.8, 4) is 0 Å². The van der Waals surface area contributed by atoms with Crippen LogP contribution in [0.1, 0.15) is 121 Å². The molecule has 0 spiro atoms. The van der Waals surface area contributed by atoms with Crippen molar-refractivity contribution in [3.63, 3.8) is 0 Å². The van der Waals surface area contributed by atoms with E-state index < -0.39 is 0 Å². The maximum absolute atomic E-state index is 6.45. The van der Waals surface area contributed by atoms with Gasteiger partial charge in [-0.2, -0.15) is 0 Å². The van der Waals surface area contributed by atoms with E-state index in [9.17, 15) is 0 Å². The minimum absolute atomic E-state index is 0.00255. The summed E-state index contributed by atoms with van der Waals surface area (Å²) in [7, 11) is 0. The van der Waals surface area contributed by atoms with Gasteiger partial charge in [0.1, 0.15) is 0 Å². The highest BCUT2D eigenvalue weighted by atomic mass is 16.5. The minimum atomic E-state index is 0.00255. The quantitative estimate of drug-likeness (QED) is 0.295. The van der Waals surface area contributed by atoms with E-state index in [0.717, 1.165) is 32.0 Å². The Bertz CT molecular complexity index is 467. The summed E-state index contributed by atoms with van der Waals surface area (Å²) < 4.78 is 12.7. The summed E-state index contributed by atoms with van der Waals surface area (Å²) in [5, 5.41) is 0. The molecule has 0 N–H and O–H groups in total. The van der Waals surface area contributed by atoms with Crippen LogP contribution < -0.4 is 0 Å². The topological polar surface area (TPSA) is 18.5 Å². The van der Waals surface area contributed by atoms with Crippen LogP contribution >= 0.6 is 0 Å². The van der Waals surface area contributed by atoms with E-state index in [1.165, 1.54) is 32.1 Å². The highest BCUT2D eigenvalue weighted by molar-refractivity contribution is 4.85. The fraction of sp³-hybridized carbons (Fsp3) is 1.00. The van der Waals surface area contributed by atoms with Crippen molar-refractivity contribution in [2.24, 2.45) is 34.5 Å². The molecule has 0 saturated heterocycles. The molecule has 1 unspecified atom stereocenters. The summed E-state index contributed by atoms with van der Waals surface area (Å²) in [6, 6.07) is 0. The van der Waals surface area contributed by atoms with Crippen molar-refractivity contribution < 1.29 is 9.47 Å². The lowest BCUT2D eigenvalue weighted by atomic mass is 9.73. The fourth-order valence-corrected chi connectivity index (χ4v) is 4.43. The van der Waals surface area contributed by atoms with Gasteiger partial charge in [-0.1, -0.05) is 55.4 Å². The van der Waals surface area contributed by atoms with Crippen molar-refractivity contribution >= 4 is 0 Å². The van der Waals surface area contributed by atoms with Gasteiger partial charge >= 0.3 is 0 Å². The van der Waals surface area contributed by atoms with Crippen LogP contribution in [0.15, 0.2) is 0 Å². The standard InChI is InChI=1S/C28H56O2/c1-21(2)26(6,7)16-18-29-23(5)20-24-12-14-25(15-13-24)28(10,11)30-19-17-27(8,9)22(3)4/h21-25H,12-20H2,1-11H3. The normalized spacial score (nSPS) is 22.7. The largest absolute Gasteiger partial charge is 0.378 e. The molecule has 0 heterocycles. The van der Waals surface area contributed by atoms with Crippen LogP contribution in [0.4, 0.5) is 0 Å². The first-order chi connectivity index (χ1) is 13.7. The van der Waals surface area contributed by atoms with E-state index in [1.54, 1.807) is 0 Å². The third kappa shape index (κ3) is 9.19. The Morgan fingerprint density at radius 3 is 1.63 bits per heavy atom. The van der Waals surface area contributed by atoms with Crippen molar-refractivity contribution in [2.45, 2.75) is 133 Å². The van der Waals surface area contributed by atoms with Gasteiger partial charge in [-0.15, -0.1) is 0 Å². The van der Waals surface area contributed by atoms with Gasteiger partial charge in [0, 0.05) is 13.2 Å². The Kier molecular flexibility index (Phi) is 10.9. The Balaban J connectivity index is 2.33. The van der Waals surface area contributed by atoms with Gasteiger partial charge in [-0.25, -0.2) is 0 Å². The van der Waals surface area contributed by atoms with Crippen molar-refractivity contribution in [2.75, 3.05) is 13.2 Å². The van der Waals surface area contributed by atoms with Crippen molar-refractivity contribution in [1.82, 2.24) is 0 Å². The van der Waals surface area contributed by atoms with Gasteiger partial charge in [-0.05, 0) is 100 Å². The highest BCUT2D eigenvalue weighted by Gasteiger charge is 2.35. The predicted molar refractivity (Wildman–Crippen MR) is 132 cm³/mol. The highest BCUT2D eigenvalue weighted by Crippen LogP contribution is 2.40. The monoisotopic (exact) mass is 424 g/mol. The zero-order valence-corrected chi connectivity index (χ0v) is 22.6. The Morgan fingerprint density at radius 1 is 0.700 bits per heavy atom. The first kappa shape index (κ1) is 28.0. The average molecular weight is 425 g/mol. The first-order valence-corrected chi connectivity index (χ1v) is 12.9. The van der Waals surface area contributed by atoms with Gasteiger partial charge in [0.05, 0.1) is 11.7 Å². The molecule has 0 aromatic heterocycles.